The van der Waals surface area contributed by atoms with Crippen molar-refractivity contribution < 1.29 is 9.90 Å². The van der Waals surface area contributed by atoms with Gasteiger partial charge < -0.3 is 10.1 Å². The molecule has 0 unspecified atom stereocenters. The van der Waals surface area contributed by atoms with E-state index in [1.807, 2.05) is 30.3 Å². The Kier molecular flexibility index (Phi) is 4.48. The molecule has 0 aliphatic rings. The van der Waals surface area contributed by atoms with Crippen molar-refractivity contribution in [2.45, 2.75) is 0 Å². The van der Waals surface area contributed by atoms with E-state index < -0.39 is 5.97 Å². The zero-order chi connectivity index (χ0) is 11.4. The Balaban J connectivity index is 0.00000144. The highest BCUT2D eigenvalue weighted by molar-refractivity contribution is 5.86. The molecule has 0 spiro atoms. The molecule has 0 radical (unpaired) electrons. The van der Waals surface area contributed by atoms with Crippen molar-refractivity contribution in [3.8, 4) is 11.3 Å². The largest absolute Gasteiger partial charge is 0.478 e. The lowest BCUT2D eigenvalue weighted by atomic mass is 10.1. The third-order valence-corrected chi connectivity index (χ3v) is 2.11. The SMILES string of the molecule is Cl.O=C(O)C=Cc1[nH]cnc1-c1ccccc1. The average molecular weight is 251 g/mol. The number of carboxylic acid groups (broad SMARTS) is 1. The maximum Gasteiger partial charge on any atom is 0.328 e. The van der Waals surface area contributed by atoms with Gasteiger partial charge in [0.05, 0.1) is 17.7 Å². The molecule has 0 fully saturated rings. The van der Waals surface area contributed by atoms with Crippen molar-refractivity contribution in [3.05, 3.63) is 48.4 Å². The van der Waals surface area contributed by atoms with Gasteiger partial charge in [0.2, 0.25) is 0 Å². The average Bonchev–Trinajstić information content (AvgIpc) is 2.75. The number of carbonyl (C=O) groups is 1. The zero-order valence-corrected chi connectivity index (χ0v) is 9.65. The quantitative estimate of drug-likeness (QED) is 0.823. The van der Waals surface area contributed by atoms with E-state index in [2.05, 4.69) is 9.97 Å². The third-order valence-electron chi connectivity index (χ3n) is 2.11. The van der Waals surface area contributed by atoms with Gasteiger partial charge in [-0.05, 0) is 6.08 Å². The molecule has 0 amide bonds. The van der Waals surface area contributed by atoms with Crippen LogP contribution in [0.5, 0.6) is 0 Å². The monoisotopic (exact) mass is 250 g/mol. The van der Waals surface area contributed by atoms with Crippen LogP contribution in [0.3, 0.4) is 0 Å². The van der Waals surface area contributed by atoms with Crippen LogP contribution in [0.15, 0.2) is 42.7 Å². The van der Waals surface area contributed by atoms with Crippen LogP contribution in [0, 0.1) is 0 Å². The van der Waals surface area contributed by atoms with Crippen molar-refractivity contribution in [2.75, 3.05) is 0 Å². The summed E-state index contributed by atoms with van der Waals surface area (Å²) in [6.07, 6.45) is 4.13. The van der Waals surface area contributed by atoms with Gasteiger partial charge in [-0.3, -0.25) is 0 Å². The van der Waals surface area contributed by atoms with Gasteiger partial charge in [0, 0.05) is 11.6 Å². The number of aliphatic carboxylic acids is 1. The first-order valence-corrected chi connectivity index (χ1v) is 4.77. The summed E-state index contributed by atoms with van der Waals surface area (Å²) in [6.45, 7) is 0. The summed E-state index contributed by atoms with van der Waals surface area (Å²) in [5.74, 6) is -0.978. The van der Waals surface area contributed by atoms with Crippen molar-refractivity contribution in [1.82, 2.24) is 9.97 Å². The zero-order valence-electron chi connectivity index (χ0n) is 8.83. The van der Waals surface area contributed by atoms with Crippen LogP contribution in [-0.4, -0.2) is 21.0 Å². The first-order chi connectivity index (χ1) is 7.77. The molecule has 0 saturated heterocycles. The van der Waals surface area contributed by atoms with E-state index in [0.29, 0.717) is 5.69 Å². The Morgan fingerprint density at radius 2 is 2.00 bits per heavy atom. The van der Waals surface area contributed by atoms with Crippen LogP contribution < -0.4 is 0 Å². The summed E-state index contributed by atoms with van der Waals surface area (Å²) in [4.78, 5) is 17.5. The molecule has 0 saturated carbocycles. The van der Waals surface area contributed by atoms with Gasteiger partial charge in [-0.15, -0.1) is 12.4 Å². The third kappa shape index (κ3) is 3.19. The molecule has 1 heterocycles. The number of aromatic amines is 1. The first kappa shape index (κ1) is 13.0. The second-order valence-electron chi connectivity index (χ2n) is 3.20. The molecular formula is C12H11ClN2O2. The molecule has 2 N–H and O–H groups in total. The minimum atomic E-state index is -0.978. The number of nitrogens with one attached hydrogen (secondary N) is 1. The molecule has 0 bridgehead atoms. The molecule has 17 heavy (non-hydrogen) atoms. The highest BCUT2D eigenvalue weighted by Crippen LogP contribution is 2.20. The minimum Gasteiger partial charge on any atom is -0.478 e. The number of benzene rings is 1. The van der Waals surface area contributed by atoms with Gasteiger partial charge in [-0.1, -0.05) is 30.3 Å². The predicted molar refractivity (Wildman–Crippen MR) is 67.9 cm³/mol. The molecule has 1 aromatic carbocycles. The lowest BCUT2D eigenvalue weighted by molar-refractivity contribution is -0.131. The minimum absolute atomic E-state index is 0. The predicted octanol–water partition coefficient (Wildman–Crippen LogP) is 2.60. The van der Waals surface area contributed by atoms with Gasteiger partial charge in [0.1, 0.15) is 0 Å². The van der Waals surface area contributed by atoms with Gasteiger partial charge in [-0.25, -0.2) is 9.78 Å². The van der Waals surface area contributed by atoms with E-state index in [1.165, 1.54) is 6.08 Å². The van der Waals surface area contributed by atoms with Crippen LogP contribution in [0.4, 0.5) is 0 Å². The second-order valence-corrected chi connectivity index (χ2v) is 3.20. The fourth-order valence-electron chi connectivity index (χ4n) is 1.41. The molecule has 5 heteroatoms. The van der Waals surface area contributed by atoms with Crippen LogP contribution in [-0.2, 0) is 4.79 Å². The summed E-state index contributed by atoms with van der Waals surface area (Å²) < 4.78 is 0. The summed E-state index contributed by atoms with van der Waals surface area (Å²) in [5.41, 5.74) is 2.39. The number of aromatic nitrogens is 2. The number of halogens is 1. The van der Waals surface area contributed by atoms with E-state index in [9.17, 15) is 4.79 Å². The Bertz CT molecular complexity index is 520. The normalized spacial score (nSPS) is 10.1. The molecule has 4 nitrogen and oxygen atoms in total. The van der Waals surface area contributed by atoms with Gasteiger partial charge in [-0.2, -0.15) is 0 Å². The molecule has 88 valence electrons. The molecule has 0 aliphatic heterocycles. The second kappa shape index (κ2) is 5.86. The highest BCUT2D eigenvalue weighted by Gasteiger charge is 2.04. The fraction of sp³-hybridized carbons (Fsp3) is 0. The molecule has 2 rings (SSSR count). The first-order valence-electron chi connectivity index (χ1n) is 4.77. The van der Waals surface area contributed by atoms with E-state index in [0.717, 1.165) is 17.3 Å². The number of nitrogens with zero attached hydrogens (tertiary/aromatic N) is 1. The highest BCUT2D eigenvalue weighted by atomic mass is 35.5. The van der Waals surface area contributed by atoms with Crippen molar-refractivity contribution in [1.29, 1.82) is 0 Å². The molecular weight excluding hydrogens is 240 g/mol. The Hall–Kier alpha value is -2.07. The van der Waals surface area contributed by atoms with Gasteiger partial charge in [0.25, 0.3) is 0 Å². The Morgan fingerprint density at radius 1 is 1.29 bits per heavy atom. The summed E-state index contributed by atoms with van der Waals surface area (Å²) in [7, 11) is 0. The summed E-state index contributed by atoms with van der Waals surface area (Å²) in [6, 6.07) is 9.59. The van der Waals surface area contributed by atoms with Gasteiger partial charge >= 0.3 is 5.97 Å². The molecule has 0 atom stereocenters. The summed E-state index contributed by atoms with van der Waals surface area (Å²) in [5, 5.41) is 8.55. The number of carboxylic acids is 1. The van der Waals surface area contributed by atoms with E-state index >= 15 is 0 Å². The van der Waals surface area contributed by atoms with Crippen LogP contribution >= 0.6 is 12.4 Å². The lowest BCUT2D eigenvalue weighted by Crippen LogP contribution is -1.87. The van der Waals surface area contributed by atoms with Crippen molar-refractivity contribution in [2.24, 2.45) is 0 Å². The number of rotatable bonds is 3. The summed E-state index contributed by atoms with van der Waals surface area (Å²) >= 11 is 0. The number of imidazole rings is 1. The Morgan fingerprint density at radius 3 is 2.65 bits per heavy atom. The number of hydrogen-bond donors (Lipinski definition) is 2. The molecule has 0 aliphatic carbocycles. The fourth-order valence-corrected chi connectivity index (χ4v) is 1.41. The standard InChI is InChI=1S/C12H10N2O2.ClH/c15-11(16)7-6-10-12(14-8-13-10)9-4-2-1-3-5-9;/h1-8H,(H,13,14)(H,15,16);1H. The van der Waals surface area contributed by atoms with Crippen LogP contribution in [0.1, 0.15) is 5.69 Å². The maximum atomic E-state index is 10.4. The number of hydrogen-bond acceptors (Lipinski definition) is 2. The van der Waals surface area contributed by atoms with Crippen LogP contribution in [0.2, 0.25) is 0 Å². The smallest absolute Gasteiger partial charge is 0.328 e. The molecule has 2 aromatic rings. The van der Waals surface area contributed by atoms with Gasteiger partial charge in [0.15, 0.2) is 0 Å². The topological polar surface area (TPSA) is 66.0 Å². The van der Waals surface area contributed by atoms with E-state index in [1.54, 1.807) is 6.33 Å². The van der Waals surface area contributed by atoms with Crippen molar-refractivity contribution >= 4 is 24.5 Å². The van der Waals surface area contributed by atoms with E-state index in [4.69, 9.17) is 5.11 Å². The van der Waals surface area contributed by atoms with E-state index in [-0.39, 0.29) is 12.4 Å². The maximum absolute atomic E-state index is 10.4. The lowest BCUT2D eigenvalue weighted by Gasteiger charge is -1.97. The number of H-pyrrole nitrogens is 1. The molecule has 1 aromatic heterocycles. The Labute approximate surface area is 104 Å². The van der Waals surface area contributed by atoms with Crippen LogP contribution in [0.25, 0.3) is 17.3 Å². The van der Waals surface area contributed by atoms with Crippen molar-refractivity contribution in [3.63, 3.8) is 0 Å².